The van der Waals surface area contributed by atoms with Crippen LogP contribution in [0, 0.1) is 0 Å². The molecule has 11 aromatic rings. The van der Waals surface area contributed by atoms with Crippen LogP contribution in [0.1, 0.15) is 19.4 Å². The van der Waals surface area contributed by atoms with Crippen molar-refractivity contribution >= 4 is 21.8 Å². The average molecular weight is 851 g/mol. The molecule has 9 nitrogen and oxygen atoms in total. The highest BCUT2D eigenvalue weighted by molar-refractivity contribution is 5.89. The van der Waals surface area contributed by atoms with E-state index >= 15 is 0 Å². The van der Waals surface area contributed by atoms with Crippen LogP contribution in [0.3, 0.4) is 0 Å². The Bertz CT molecular complexity index is 3510. The molecule has 1 aliphatic rings. The van der Waals surface area contributed by atoms with E-state index in [1.807, 2.05) is 115 Å². The molecule has 1 aliphatic heterocycles. The molecule has 312 valence electrons. The van der Waals surface area contributed by atoms with E-state index in [9.17, 15) is 0 Å². The van der Waals surface area contributed by atoms with E-state index in [0.717, 1.165) is 88.8 Å². The van der Waals surface area contributed by atoms with E-state index in [1.165, 1.54) is 0 Å². The van der Waals surface area contributed by atoms with Crippen molar-refractivity contribution < 1.29 is 4.74 Å². The van der Waals surface area contributed by atoms with Crippen molar-refractivity contribution in [3.05, 3.63) is 200 Å². The third kappa shape index (κ3) is 7.09. The molecular weight excluding hydrogens is 813 g/mol. The SMILES string of the molecule is CC1(C)Oc2cc(-c3ccc(-c4nc(-c5ccc6ncccc6c5)nc(-c5ccc6cccnc6c5)n4)cc3-c3nc(-c4ccccc4)nc(-c4ccccc4)n3)ccc2-c2ccccc21. The van der Waals surface area contributed by atoms with E-state index in [0.29, 0.717) is 34.9 Å². The van der Waals surface area contributed by atoms with E-state index in [4.69, 9.17) is 34.6 Å². The molecule has 0 N–H and O–H groups in total. The standard InChI is InChI=1S/C57H38N8O/c1-57(2)47-20-10-9-19-44(47)45-27-23-38(34-50(45)66-57)43-26-24-41(32-46(43)56-64-51(36-13-5-3-6-14-36)60-52(65-56)37-15-7-4-8-16-37)54-61-53(40-25-28-48-39(31-40)18-12-29-58-48)62-55(63-54)42-22-21-35-17-11-30-59-49(35)33-42/h3-34H,1-2H3. The maximum Gasteiger partial charge on any atom is 0.164 e. The number of fused-ring (bicyclic) bond motifs is 5. The molecule has 7 aromatic carbocycles. The summed E-state index contributed by atoms with van der Waals surface area (Å²) in [7, 11) is 0. The largest absolute Gasteiger partial charge is 0.482 e. The van der Waals surface area contributed by atoms with Gasteiger partial charge < -0.3 is 4.74 Å². The first-order chi connectivity index (χ1) is 32.4. The highest BCUT2D eigenvalue weighted by Crippen LogP contribution is 2.47. The summed E-state index contributed by atoms with van der Waals surface area (Å²) < 4.78 is 6.79. The van der Waals surface area contributed by atoms with Crippen molar-refractivity contribution in [1.82, 2.24) is 39.9 Å². The zero-order valence-electron chi connectivity index (χ0n) is 36.0. The first kappa shape index (κ1) is 38.8. The van der Waals surface area contributed by atoms with Crippen LogP contribution in [0.4, 0.5) is 0 Å². The predicted octanol–water partition coefficient (Wildman–Crippen LogP) is 13.1. The molecule has 66 heavy (non-hydrogen) atoms. The molecule has 0 fully saturated rings. The summed E-state index contributed by atoms with van der Waals surface area (Å²) in [6.45, 7) is 4.23. The second kappa shape index (κ2) is 15.8. The number of pyridine rings is 2. The number of rotatable bonds is 7. The Morgan fingerprint density at radius 1 is 0.333 bits per heavy atom. The molecule has 0 bridgehead atoms. The lowest BCUT2D eigenvalue weighted by molar-refractivity contribution is 0.106. The third-order valence-corrected chi connectivity index (χ3v) is 12.1. The van der Waals surface area contributed by atoms with Crippen LogP contribution >= 0.6 is 0 Å². The van der Waals surface area contributed by atoms with Gasteiger partial charge in [0.05, 0.1) is 11.0 Å². The molecular formula is C57H38N8O. The van der Waals surface area contributed by atoms with Crippen molar-refractivity contribution in [2.24, 2.45) is 0 Å². The topological polar surface area (TPSA) is 112 Å². The molecule has 0 aliphatic carbocycles. The van der Waals surface area contributed by atoms with Gasteiger partial charge in [-0.2, -0.15) is 0 Å². The quantitative estimate of drug-likeness (QED) is 0.155. The van der Waals surface area contributed by atoms with Gasteiger partial charge in [0.25, 0.3) is 0 Å². The molecule has 0 amide bonds. The molecule has 9 heteroatoms. The van der Waals surface area contributed by atoms with Crippen LogP contribution in [-0.4, -0.2) is 39.9 Å². The summed E-state index contributed by atoms with van der Waals surface area (Å²) in [4.78, 5) is 40.2. The van der Waals surface area contributed by atoms with Crippen LogP contribution in [0.25, 0.3) is 112 Å². The smallest absolute Gasteiger partial charge is 0.164 e. The Balaban J connectivity index is 1.09. The molecule has 12 rings (SSSR count). The summed E-state index contributed by atoms with van der Waals surface area (Å²) in [5.74, 6) is 3.96. The van der Waals surface area contributed by atoms with Crippen LogP contribution in [-0.2, 0) is 5.60 Å². The number of ether oxygens (including phenoxy) is 1. The van der Waals surface area contributed by atoms with Gasteiger partial charge in [-0.15, -0.1) is 0 Å². The van der Waals surface area contributed by atoms with Gasteiger partial charge in [0.1, 0.15) is 11.4 Å². The summed E-state index contributed by atoms with van der Waals surface area (Å²) in [5.41, 5.74) is 11.4. The molecule has 0 saturated heterocycles. The number of benzene rings is 7. The lowest BCUT2D eigenvalue weighted by Crippen LogP contribution is -2.29. The first-order valence-electron chi connectivity index (χ1n) is 21.8. The van der Waals surface area contributed by atoms with Gasteiger partial charge in [-0.25, -0.2) is 29.9 Å². The van der Waals surface area contributed by atoms with Gasteiger partial charge >= 0.3 is 0 Å². The predicted molar refractivity (Wildman–Crippen MR) is 261 cm³/mol. The zero-order valence-corrected chi connectivity index (χ0v) is 36.0. The van der Waals surface area contributed by atoms with Gasteiger partial charge in [-0.05, 0) is 79.1 Å². The first-order valence-corrected chi connectivity index (χ1v) is 21.8. The number of aromatic nitrogens is 8. The summed E-state index contributed by atoms with van der Waals surface area (Å²) in [6, 6.07) is 61.3. The van der Waals surface area contributed by atoms with Crippen LogP contribution in [0.2, 0.25) is 0 Å². The molecule has 0 unspecified atom stereocenters. The normalized spacial score (nSPS) is 12.6. The molecule has 0 spiro atoms. The minimum atomic E-state index is -0.533. The third-order valence-electron chi connectivity index (χ3n) is 12.1. The fraction of sp³-hybridized carbons (Fsp3) is 0.0526. The fourth-order valence-electron chi connectivity index (χ4n) is 8.80. The molecule has 4 aromatic heterocycles. The van der Waals surface area contributed by atoms with Crippen molar-refractivity contribution in [3.8, 4) is 96.3 Å². The number of nitrogens with zero attached hydrogens (tertiary/aromatic N) is 8. The van der Waals surface area contributed by atoms with Gasteiger partial charge in [0.15, 0.2) is 34.9 Å². The number of hydrogen-bond acceptors (Lipinski definition) is 9. The highest BCUT2D eigenvalue weighted by Gasteiger charge is 2.32. The lowest BCUT2D eigenvalue weighted by Gasteiger charge is -2.35. The Morgan fingerprint density at radius 2 is 0.864 bits per heavy atom. The Labute approximate surface area is 380 Å². The average Bonchev–Trinajstić information content (AvgIpc) is 3.38. The molecule has 0 saturated carbocycles. The fourth-order valence-corrected chi connectivity index (χ4v) is 8.80. The maximum atomic E-state index is 6.79. The van der Waals surface area contributed by atoms with Crippen molar-refractivity contribution in [2.75, 3.05) is 0 Å². The molecule has 0 atom stereocenters. The van der Waals surface area contributed by atoms with Crippen LogP contribution in [0.5, 0.6) is 5.75 Å². The Kier molecular flexibility index (Phi) is 9.27. The monoisotopic (exact) mass is 850 g/mol. The summed E-state index contributed by atoms with van der Waals surface area (Å²) >= 11 is 0. The summed E-state index contributed by atoms with van der Waals surface area (Å²) in [5, 5.41) is 2.01. The van der Waals surface area contributed by atoms with E-state index in [2.05, 4.69) is 90.5 Å². The Morgan fingerprint density at radius 3 is 1.58 bits per heavy atom. The van der Waals surface area contributed by atoms with Crippen molar-refractivity contribution in [3.63, 3.8) is 0 Å². The van der Waals surface area contributed by atoms with Gasteiger partial charge in [0.2, 0.25) is 0 Å². The van der Waals surface area contributed by atoms with Gasteiger partial charge in [-0.1, -0.05) is 133 Å². The van der Waals surface area contributed by atoms with E-state index in [-0.39, 0.29) is 0 Å². The maximum absolute atomic E-state index is 6.79. The van der Waals surface area contributed by atoms with Crippen molar-refractivity contribution in [2.45, 2.75) is 19.4 Å². The molecule has 0 radical (unpaired) electrons. The van der Waals surface area contributed by atoms with E-state index < -0.39 is 5.60 Å². The van der Waals surface area contributed by atoms with Gasteiger partial charge in [0, 0.05) is 67.7 Å². The zero-order chi connectivity index (χ0) is 44.2. The summed E-state index contributed by atoms with van der Waals surface area (Å²) in [6.07, 6.45) is 3.59. The van der Waals surface area contributed by atoms with E-state index in [1.54, 1.807) is 12.4 Å². The van der Waals surface area contributed by atoms with Crippen LogP contribution in [0.15, 0.2) is 194 Å². The number of hydrogen-bond donors (Lipinski definition) is 0. The lowest BCUT2D eigenvalue weighted by atomic mass is 9.85. The minimum Gasteiger partial charge on any atom is -0.482 e. The second-order valence-corrected chi connectivity index (χ2v) is 16.8. The van der Waals surface area contributed by atoms with Crippen LogP contribution < -0.4 is 4.74 Å². The van der Waals surface area contributed by atoms with Gasteiger partial charge in [-0.3, -0.25) is 9.97 Å². The highest BCUT2D eigenvalue weighted by atomic mass is 16.5. The Hall–Kier alpha value is -8.82. The second-order valence-electron chi connectivity index (χ2n) is 16.8. The molecule has 5 heterocycles. The van der Waals surface area contributed by atoms with Crippen molar-refractivity contribution in [1.29, 1.82) is 0 Å². The minimum absolute atomic E-state index is 0.489.